The van der Waals surface area contributed by atoms with Gasteiger partial charge in [-0.3, -0.25) is 4.90 Å². The minimum Gasteiger partial charge on any atom is -0.330 e. The second-order valence-corrected chi connectivity index (χ2v) is 6.76. The van der Waals surface area contributed by atoms with E-state index in [0.29, 0.717) is 0 Å². The van der Waals surface area contributed by atoms with E-state index in [-0.39, 0.29) is 0 Å². The van der Waals surface area contributed by atoms with Crippen molar-refractivity contribution < 1.29 is 0 Å². The van der Waals surface area contributed by atoms with Crippen molar-refractivity contribution in [2.24, 2.45) is 23.5 Å². The van der Waals surface area contributed by atoms with Crippen LogP contribution in [0.4, 0.5) is 0 Å². The van der Waals surface area contributed by atoms with Crippen LogP contribution in [-0.4, -0.2) is 30.6 Å². The van der Waals surface area contributed by atoms with E-state index < -0.39 is 0 Å². The van der Waals surface area contributed by atoms with Gasteiger partial charge in [-0.15, -0.1) is 0 Å². The Labute approximate surface area is 106 Å². The lowest BCUT2D eigenvalue weighted by molar-refractivity contribution is 0.0655. The summed E-state index contributed by atoms with van der Waals surface area (Å²) in [7, 11) is 2.39. The predicted octanol–water partition coefficient (Wildman–Crippen LogP) is 2.62. The fourth-order valence-electron chi connectivity index (χ4n) is 4.96. The molecule has 0 aromatic heterocycles. The summed E-state index contributed by atoms with van der Waals surface area (Å²) in [4.78, 5) is 2.75. The number of nitrogens with two attached hydrogens (primary N) is 1. The highest BCUT2D eigenvalue weighted by molar-refractivity contribution is 4.97. The van der Waals surface area contributed by atoms with Gasteiger partial charge in [0.1, 0.15) is 0 Å². The Morgan fingerprint density at radius 2 is 1.82 bits per heavy atom. The van der Waals surface area contributed by atoms with Crippen LogP contribution in [0.15, 0.2) is 0 Å². The number of fused-ring (bicyclic) bond motifs is 2. The highest BCUT2D eigenvalue weighted by Gasteiger charge is 2.43. The number of rotatable bonds is 3. The molecule has 2 nitrogen and oxygen atoms in total. The molecule has 0 saturated heterocycles. The van der Waals surface area contributed by atoms with Gasteiger partial charge in [-0.1, -0.05) is 19.3 Å². The normalized spacial score (nSPS) is 45.7. The molecule has 0 heterocycles. The van der Waals surface area contributed by atoms with E-state index in [4.69, 9.17) is 5.73 Å². The zero-order valence-electron chi connectivity index (χ0n) is 11.3. The van der Waals surface area contributed by atoms with Crippen molar-refractivity contribution in [3.05, 3.63) is 0 Å². The molecule has 3 fully saturated rings. The van der Waals surface area contributed by atoms with Crippen LogP contribution in [0.5, 0.6) is 0 Å². The van der Waals surface area contributed by atoms with E-state index >= 15 is 0 Å². The Bertz CT molecular complexity index is 266. The number of hydrogen-bond acceptors (Lipinski definition) is 2. The van der Waals surface area contributed by atoms with Crippen molar-refractivity contribution in [2.45, 2.75) is 63.5 Å². The molecule has 98 valence electrons. The van der Waals surface area contributed by atoms with Crippen LogP contribution in [0.2, 0.25) is 0 Å². The molecule has 0 aromatic carbocycles. The lowest BCUT2D eigenvalue weighted by atomic mass is 9.82. The molecule has 2 heteroatoms. The van der Waals surface area contributed by atoms with Crippen LogP contribution in [0, 0.1) is 17.8 Å². The SMILES string of the molecule is CN(C1CCCCC1CN)C1CC2CCC1C2. The molecule has 0 radical (unpaired) electrons. The molecule has 5 unspecified atom stereocenters. The lowest BCUT2D eigenvalue weighted by Gasteiger charge is -2.43. The minimum atomic E-state index is 0.771. The third-order valence-corrected chi connectivity index (χ3v) is 5.92. The summed E-state index contributed by atoms with van der Waals surface area (Å²) in [6.07, 6.45) is 11.6. The van der Waals surface area contributed by atoms with Crippen LogP contribution in [0.1, 0.15) is 51.4 Å². The molecular formula is C15H28N2. The van der Waals surface area contributed by atoms with E-state index in [2.05, 4.69) is 11.9 Å². The molecule has 2 N–H and O–H groups in total. The summed E-state index contributed by atoms with van der Waals surface area (Å²) >= 11 is 0. The molecule has 0 amide bonds. The molecule has 3 rings (SSSR count). The van der Waals surface area contributed by atoms with Gasteiger partial charge in [-0.2, -0.15) is 0 Å². The third-order valence-electron chi connectivity index (χ3n) is 5.92. The Hall–Kier alpha value is -0.0800. The smallest absolute Gasteiger partial charge is 0.0136 e. The molecule has 17 heavy (non-hydrogen) atoms. The number of nitrogens with zero attached hydrogens (tertiary/aromatic N) is 1. The van der Waals surface area contributed by atoms with Gasteiger partial charge in [0.25, 0.3) is 0 Å². The second kappa shape index (κ2) is 4.89. The highest BCUT2D eigenvalue weighted by Crippen LogP contribution is 2.47. The van der Waals surface area contributed by atoms with E-state index in [0.717, 1.165) is 36.4 Å². The topological polar surface area (TPSA) is 29.3 Å². The maximum absolute atomic E-state index is 5.98. The largest absolute Gasteiger partial charge is 0.330 e. The van der Waals surface area contributed by atoms with Gasteiger partial charge >= 0.3 is 0 Å². The summed E-state index contributed by atoms with van der Waals surface area (Å²) in [5.74, 6) is 2.85. The van der Waals surface area contributed by atoms with Crippen molar-refractivity contribution in [3.63, 3.8) is 0 Å². The molecule has 3 aliphatic carbocycles. The minimum absolute atomic E-state index is 0.771. The average molecular weight is 236 g/mol. The Morgan fingerprint density at radius 3 is 2.47 bits per heavy atom. The van der Waals surface area contributed by atoms with E-state index in [1.807, 2.05) is 0 Å². The first kappa shape index (κ1) is 12.0. The molecule has 0 aliphatic heterocycles. The lowest BCUT2D eigenvalue weighted by Crippen LogP contribution is -2.49. The first-order chi connectivity index (χ1) is 8.29. The Morgan fingerprint density at radius 1 is 1.00 bits per heavy atom. The molecule has 0 spiro atoms. The third kappa shape index (κ3) is 2.15. The summed E-state index contributed by atoms with van der Waals surface area (Å²) < 4.78 is 0. The molecule has 0 aromatic rings. The highest BCUT2D eigenvalue weighted by atomic mass is 15.2. The van der Waals surface area contributed by atoms with Gasteiger partial charge in [-0.25, -0.2) is 0 Å². The van der Waals surface area contributed by atoms with Crippen LogP contribution in [-0.2, 0) is 0 Å². The standard InChI is InChI=1S/C15H28N2/c1-17(14-5-3-2-4-13(14)10-16)15-9-11-6-7-12(15)8-11/h11-15H,2-10,16H2,1H3. The fourth-order valence-corrected chi connectivity index (χ4v) is 4.96. The summed E-state index contributed by atoms with van der Waals surface area (Å²) in [6, 6.07) is 1.68. The van der Waals surface area contributed by atoms with Gasteiger partial charge in [0, 0.05) is 12.1 Å². The maximum Gasteiger partial charge on any atom is 0.0136 e. The molecule has 3 aliphatic rings. The fraction of sp³-hybridized carbons (Fsp3) is 1.00. The molecule has 2 bridgehead atoms. The van der Waals surface area contributed by atoms with Crippen LogP contribution < -0.4 is 5.73 Å². The first-order valence-corrected chi connectivity index (χ1v) is 7.71. The van der Waals surface area contributed by atoms with Gasteiger partial charge in [-0.05, 0) is 63.5 Å². The molecule has 3 saturated carbocycles. The Kier molecular flexibility index (Phi) is 3.45. The summed E-state index contributed by atoms with van der Waals surface area (Å²) in [5, 5.41) is 0. The first-order valence-electron chi connectivity index (χ1n) is 7.71. The van der Waals surface area contributed by atoms with Gasteiger partial charge in [0.2, 0.25) is 0 Å². The molecular weight excluding hydrogens is 208 g/mol. The quantitative estimate of drug-likeness (QED) is 0.816. The van der Waals surface area contributed by atoms with Gasteiger partial charge < -0.3 is 5.73 Å². The van der Waals surface area contributed by atoms with E-state index in [9.17, 15) is 0 Å². The molecule has 5 atom stereocenters. The second-order valence-electron chi connectivity index (χ2n) is 6.76. The van der Waals surface area contributed by atoms with Crippen molar-refractivity contribution >= 4 is 0 Å². The van der Waals surface area contributed by atoms with E-state index in [1.54, 1.807) is 0 Å². The maximum atomic E-state index is 5.98. The zero-order valence-corrected chi connectivity index (χ0v) is 11.3. The van der Waals surface area contributed by atoms with Crippen molar-refractivity contribution in [1.82, 2.24) is 4.90 Å². The number of hydrogen-bond donors (Lipinski definition) is 1. The monoisotopic (exact) mass is 236 g/mol. The predicted molar refractivity (Wildman–Crippen MR) is 71.8 cm³/mol. The van der Waals surface area contributed by atoms with Crippen LogP contribution in [0.3, 0.4) is 0 Å². The summed E-state index contributed by atoms with van der Waals surface area (Å²) in [5.41, 5.74) is 5.98. The van der Waals surface area contributed by atoms with Gasteiger partial charge in [0.15, 0.2) is 0 Å². The Balaban J connectivity index is 1.66. The van der Waals surface area contributed by atoms with Crippen LogP contribution >= 0.6 is 0 Å². The summed E-state index contributed by atoms with van der Waals surface area (Å²) in [6.45, 7) is 0.899. The zero-order chi connectivity index (χ0) is 11.8. The van der Waals surface area contributed by atoms with Crippen molar-refractivity contribution in [3.8, 4) is 0 Å². The average Bonchev–Trinajstić information content (AvgIpc) is 3.00. The van der Waals surface area contributed by atoms with Crippen LogP contribution in [0.25, 0.3) is 0 Å². The van der Waals surface area contributed by atoms with E-state index in [1.165, 1.54) is 51.4 Å². The van der Waals surface area contributed by atoms with Crippen molar-refractivity contribution in [2.75, 3.05) is 13.6 Å². The van der Waals surface area contributed by atoms with Crippen molar-refractivity contribution in [1.29, 1.82) is 0 Å². The van der Waals surface area contributed by atoms with Gasteiger partial charge in [0.05, 0.1) is 0 Å².